The van der Waals surface area contributed by atoms with Crippen molar-refractivity contribution in [2.75, 3.05) is 26.7 Å². The molecule has 1 heterocycles. The zero-order valence-corrected chi connectivity index (χ0v) is 8.54. The average molecular weight is 254 g/mol. The molecule has 0 spiro atoms. The molecule has 10 heavy (non-hydrogen) atoms. The zero-order chi connectivity index (χ0) is 7.19. The molecule has 1 saturated carbocycles. The molecule has 1 saturated heterocycles. The van der Waals surface area contributed by atoms with E-state index in [9.17, 15) is 0 Å². The predicted octanol–water partition coefficient (Wildman–Crippen LogP) is -3.20. The fraction of sp³-hybridized carbons (Fsp3) is 1.00. The Morgan fingerprint density at radius 1 is 1.60 bits per heavy atom. The first kappa shape index (κ1) is 7.31. The van der Waals surface area contributed by atoms with Crippen LogP contribution in [-0.4, -0.2) is 35.1 Å². The summed E-state index contributed by atoms with van der Waals surface area (Å²) in [6.45, 7) is 4.28. The van der Waals surface area contributed by atoms with Crippen molar-refractivity contribution in [3.8, 4) is 0 Å². The molecular formula is C7H15IN2. The van der Waals surface area contributed by atoms with Crippen molar-refractivity contribution < 1.29 is 26.0 Å². The second kappa shape index (κ2) is 2.32. The number of alkyl halides is 1. The van der Waals surface area contributed by atoms with Crippen molar-refractivity contribution in [1.29, 1.82) is 0 Å². The Balaban J connectivity index is 1.73. The SMILES string of the molecule is C[N+]1(CC2CC2[I-]N)CC1. The molecule has 60 valence electrons. The molecule has 2 fully saturated rings. The van der Waals surface area contributed by atoms with E-state index in [2.05, 4.69) is 7.05 Å². The van der Waals surface area contributed by atoms with Crippen molar-refractivity contribution in [1.82, 2.24) is 0 Å². The Morgan fingerprint density at radius 3 is 2.70 bits per heavy atom. The first-order valence-corrected chi connectivity index (χ1v) is 6.38. The van der Waals surface area contributed by atoms with Crippen LogP contribution in [0.4, 0.5) is 0 Å². The van der Waals surface area contributed by atoms with Gasteiger partial charge in [0.15, 0.2) is 0 Å². The third-order valence-electron chi connectivity index (χ3n) is 2.66. The molecule has 0 aromatic heterocycles. The van der Waals surface area contributed by atoms with Gasteiger partial charge in [-0.05, 0) is 0 Å². The van der Waals surface area contributed by atoms with Crippen LogP contribution in [0.2, 0.25) is 0 Å². The molecule has 0 radical (unpaired) electrons. The van der Waals surface area contributed by atoms with Crippen LogP contribution in [0.5, 0.6) is 0 Å². The van der Waals surface area contributed by atoms with Gasteiger partial charge >= 0.3 is 72.9 Å². The molecule has 3 heteroatoms. The second-order valence-electron chi connectivity index (χ2n) is 3.89. The van der Waals surface area contributed by atoms with E-state index in [1.54, 1.807) is 0 Å². The van der Waals surface area contributed by atoms with E-state index in [1.165, 1.54) is 30.5 Å². The van der Waals surface area contributed by atoms with Gasteiger partial charge in [0.2, 0.25) is 0 Å². The number of nitrogens with zero attached hydrogens (tertiary/aromatic N) is 1. The Hall–Kier alpha value is 0.650. The van der Waals surface area contributed by atoms with Gasteiger partial charge in [-0.25, -0.2) is 0 Å². The fourth-order valence-corrected chi connectivity index (χ4v) is 3.23. The van der Waals surface area contributed by atoms with Gasteiger partial charge in [-0.2, -0.15) is 0 Å². The first-order chi connectivity index (χ1) is 4.73. The molecule has 1 aliphatic heterocycles. The predicted molar refractivity (Wildman–Crippen MR) is 36.9 cm³/mol. The Bertz CT molecular complexity index is 145. The van der Waals surface area contributed by atoms with Gasteiger partial charge in [-0.15, -0.1) is 0 Å². The van der Waals surface area contributed by atoms with E-state index in [0.717, 1.165) is 9.84 Å². The summed E-state index contributed by atoms with van der Waals surface area (Å²) in [6, 6.07) is 0. The second-order valence-corrected chi connectivity index (χ2v) is 6.21. The van der Waals surface area contributed by atoms with Gasteiger partial charge in [0.05, 0.1) is 0 Å². The molecule has 2 N–H and O–H groups in total. The van der Waals surface area contributed by atoms with Gasteiger partial charge in [0, 0.05) is 0 Å². The van der Waals surface area contributed by atoms with Crippen LogP contribution in [0.3, 0.4) is 0 Å². The van der Waals surface area contributed by atoms with E-state index < -0.39 is 0 Å². The molecule has 2 nitrogen and oxygen atoms in total. The summed E-state index contributed by atoms with van der Waals surface area (Å²) in [5, 5.41) is 0. The van der Waals surface area contributed by atoms with Crippen molar-refractivity contribution in [2.24, 2.45) is 9.86 Å². The molecule has 0 aromatic rings. The number of rotatable bonds is 3. The van der Waals surface area contributed by atoms with Crippen LogP contribution in [0.25, 0.3) is 0 Å². The maximum absolute atomic E-state index is 5.67. The first-order valence-electron chi connectivity index (χ1n) is 3.89. The Labute approximate surface area is 73.0 Å². The quantitative estimate of drug-likeness (QED) is 0.185. The molecule has 2 unspecified atom stereocenters. The Morgan fingerprint density at radius 2 is 2.30 bits per heavy atom. The third-order valence-corrected chi connectivity index (χ3v) is 5.11. The van der Waals surface area contributed by atoms with Crippen LogP contribution in [0.15, 0.2) is 0 Å². The minimum atomic E-state index is 0.0818. The molecule has 2 rings (SSSR count). The maximum atomic E-state index is 5.67. The van der Waals surface area contributed by atoms with Crippen LogP contribution in [0.1, 0.15) is 6.42 Å². The summed E-state index contributed by atoms with van der Waals surface area (Å²) >= 11 is 0.0818. The summed E-state index contributed by atoms with van der Waals surface area (Å²) in [7, 11) is 2.37. The topological polar surface area (TPSA) is 26.0 Å². The van der Waals surface area contributed by atoms with E-state index in [1.807, 2.05) is 0 Å². The summed E-state index contributed by atoms with van der Waals surface area (Å²) < 4.78 is 8.01. The molecule has 2 atom stereocenters. The summed E-state index contributed by atoms with van der Waals surface area (Å²) in [4.78, 5) is 0. The summed E-state index contributed by atoms with van der Waals surface area (Å²) in [5.41, 5.74) is 0. The van der Waals surface area contributed by atoms with Crippen molar-refractivity contribution in [3.63, 3.8) is 0 Å². The molecule has 2 aliphatic rings. The van der Waals surface area contributed by atoms with Gasteiger partial charge in [-0.1, -0.05) is 0 Å². The van der Waals surface area contributed by atoms with Crippen molar-refractivity contribution >= 4 is 0 Å². The molecule has 1 aliphatic carbocycles. The minimum absolute atomic E-state index is 0.0818. The molecule has 0 aromatic carbocycles. The van der Waals surface area contributed by atoms with Crippen molar-refractivity contribution in [3.05, 3.63) is 0 Å². The standard InChI is InChI=1S/C7H15IN2/c1-10(2-3-10)5-6-4-7(6)8-9/h6-7H,2-5,9H2,1H3. The van der Waals surface area contributed by atoms with E-state index in [4.69, 9.17) is 3.95 Å². The van der Waals surface area contributed by atoms with Crippen LogP contribution >= 0.6 is 0 Å². The van der Waals surface area contributed by atoms with Crippen LogP contribution in [-0.2, 0) is 0 Å². The number of halogens is 1. The van der Waals surface area contributed by atoms with Crippen LogP contribution in [0, 0.1) is 5.92 Å². The van der Waals surface area contributed by atoms with Gasteiger partial charge < -0.3 is 0 Å². The number of likely N-dealkylation sites (N-methyl/N-ethyl adjacent to an activating group) is 1. The zero-order valence-electron chi connectivity index (χ0n) is 6.39. The molecular weight excluding hydrogens is 239 g/mol. The van der Waals surface area contributed by atoms with Gasteiger partial charge in [0.1, 0.15) is 0 Å². The monoisotopic (exact) mass is 254 g/mol. The molecule has 0 bridgehead atoms. The van der Waals surface area contributed by atoms with E-state index >= 15 is 0 Å². The van der Waals surface area contributed by atoms with Gasteiger partial charge in [-0.3, -0.25) is 0 Å². The number of quaternary nitrogens is 1. The summed E-state index contributed by atoms with van der Waals surface area (Å²) in [6.07, 6.45) is 1.46. The number of hydrogen-bond donors (Lipinski definition) is 1. The fourth-order valence-electron chi connectivity index (χ4n) is 1.47. The van der Waals surface area contributed by atoms with E-state index in [-0.39, 0.29) is 21.5 Å². The van der Waals surface area contributed by atoms with E-state index in [0.29, 0.717) is 0 Å². The number of nitrogens with two attached hydrogens (primary N) is 1. The third kappa shape index (κ3) is 1.46. The van der Waals surface area contributed by atoms with Crippen molar-refractivity contribution in [2.45, 2.75) is 10.3 Å². The average Bonchev–Trinajstić information content (AvgIpc) is 2.74. The molecule has 0 amide bonds. The van der Waals surface area contributed by atoms with Gasteiger partial charge in [0.25, 0.3) is 0 Å². The number of hydrogen-bond acceptors (Lipinski definition) is 1. The Kier molecular flexibility index (Phi) is 1.69. The normalized spacial score (nSPS) is 41.8. The van der Waals surface area contributed by atoms with Crippen LogP contribution < -0.4 is 25.4 Å². The summed E-state index contributed by atoms with van der Waals surface area (Å²) in [5.74, 6) is 1.03.